The van der Waals surface area contributed by atoms with Crippen LogP contribution in [0.25, 0.3) is 10.9 Å². The molecule has 5 nitrogen and oxygen atoms in total. The van der Waals surface area contributed by atoms with Gasteiger partial charge in [0.25, 0.3) is 5.91 Å². The van der Waals surface area contributed by atoms with E-state index < -0.39 is 0 Å². The van der Waals surface area contributed by atoms with Crippen LogP contribution in [0.5, 0.6) is 0 Å². The van der Waals surface area contributed by atoms with Crippen LogP contribution in [0.3, 0.4) is 0 Å². The summed E-state index contributed by atoms with van der Waals surface area (Å²) in [5.74, 6) is 0.187. The molecule has 1 fully saturated rings. The first kappa shape index (κ1) is 18.1. The SMILES string of the molecule is O=C1c2ccccc2CCN1CCN1CCN(c2cccc3cccnc23)CC1. The third-order valence-corrected chi connectivity index (χ3v) is 6.20. The smallest absolute Gasteiger partial charge is 0.254 e. The molecule has 2 aromatic carbocycles. The summed E-state index contributed by atoms with van der Waals surface area (Å²) in [6.45, 7) is 6.60. The van der Waals surface area contributed by atoms with Gasteiger partial charge in [-0.15, -0.1) is 0 Å². The number of carbonyl (C=O) groups excluding carboxylic acids is 1. The molecule has 1 amide bonds. The van der Waals surface area contributed by atoms with Crippen LogP contribution in [0.2, 0.25) is 0 Å². The standard InChI is InChI=1S/C24H26N4O/c29-24-21-8-2-1-5-19(21)10-12-28(24)18-15-26-13-16-27(17-14-26)22-9-3-6-20-7-4-11-25-23(20)22/h1-9,11H,10,12-18H2. The number of hydrogen-bond acceptors (Lipinski definition) is 4. The second kappa shape index (κ2) is 7.84. The second-order valence-corrected chi connectivity index (χ2v) is 7.88. The van der Waals surface area contributed by atoms with E-state index in [-0.39, 0.29) is 5.91 Å². The third-order valence-electron chi connectivity index (χ3n) is 6.20. The maximum atomic E-state index is 12.7. The van der Waals surface area contributed by atoms with Gasteiger partial charge in [-0.2, -0.15) is 0 Å². The lowest BCUT2D eigenvalue weighted by molar-refractivity contribution is 0.0717. The highest BCUT2D eigenvalue weighted by Crippen LogP contribution is 2.25. The molecular weight excluding hydrogens is 360 g/mol. The van der Waals surface area contributed by atoms with Crippen molar-refractivity contribution in [3.05, 3.63) is 71.9 Å². The summed E-state index contributed by atoms with van der Waals surface area (Å²) in [4.78, 5) is 24.3. The van der Waals surface area contributed by atoms with E-state index >= 15 is 0 Å². The Bertz CT molecular complexity index is 1020. The first-order valence-corrected chi connectivity index (χ1v) is 10.5. The Labute approximate surface area is 171 Å². The number of fused-ring (bicyclic) bond motifs is 2. The highest BCUT2D eigenvalue weighted by molar-refractivity contribution is 5.96. The van der Waals surface area contributed by atoms with E-state index in [4.69, 9.17) is 0 Å². The summed E-state index contributed by atoms with van der Waals surface area (Å²) in [6, 6.07) is 18.5. The van der Waals surface area contributed by atoms with Gasteiger partial charge in [-0.1, -0.05) is 36.4 Å². The fourth-order valence-corrected chi connectivity index (χ4v) is 4.51. The van der Waals surface area contributed by atoms with Crippen molar-refractivity contribution in [3.8, 4) is 0 Å². The molecule has 0 unspecified atom stereocenters. The van der Waals surface area contributed by atoms with Crippen LogP contribution in [0.15, 0.2) is 60.8 Å². The van der Waals surface area contributed by atoms with Crippen molar-refractivity contribution in [1.29, 1.82) is 0 Å². The maximum Gasteiger partial charge on any atom is 0.254 e. The molecular formula is C24H26N4O. The molecule has 3 aromatic rings. The van der Waals surface area contributed by atoms with Crippen molar-refractivity contribution in [2.45, 2.75) is 6.42 Å². The number of rotatable bonds is 4. The number of para-hydroxylation sites is 1. The van der Waals surface area contributed by atoms with E-state index in [9.17, 15) is 4.79 Å². The number of benzene rings is 2. The normalized spacial score (nSPS) is 17.6. The Hall–Kier alpha value is -2.92. The van der Waals surface area contributed by atoms with Crippen molar-refractivity contribution in [1.82, 2.24) is 14.8 Å². The molecule has 5 rings (SSSR count). The van der Waals surface area contributed by atoms with Gasteiger partial charge in [-0.05, 0) is 30.2 Å². The molecule has 0 spiro atoms. The Morgan fingerprint density at radius 3 is 2.55 bits per heavy atom. The summed E-state index contributed by atoms with van der Waals surface area (Å²) in [6.07, 6.45) is 2.83. The summed E-state index contributed by atoms with van der Waals surface area (Å²) in [5, 5.41) is 1.19. The number of hydrogen-bond donors (Lipinski definition) is 0. The quantitative estimate of drug-likeness (QED) is 0.691. The molecule has 148 valence electrons. The van der Waals surface area contributed by atoms with Gasteiger partial charge < -0.3 is 9.80 Å². The molecule has 3 heterocycles. The van der Waals surface area contributed by atoms with Crippen LogP contribution in [-0.4, -0.2) is 66.5 Å². The molecule has 0 saturated carbocycles. The molecule has 1 saturated heterocycles. The van der Waals surface area contributed by atoms with E-state index in [1.165, 1.54) is 16.6 Å². The van der Waals surface area contributed by atoms with Gasteiger partial charge in [0.15, 0.2) is 0 Å². The topological polar surface area (TPSA) is 39.7 Å². The largest absolute Gasteiger partial charge is 0.367 e. The van der Waals surface area contributed by atoms with Gasteiger partial charge in [0.05, 0.1) is 11.2 Å². The van der Waals surface area contributed by atoms with Gasteiger partial charge in [0.1, 0.15) is 0 Å². The van der Waals surface area contributed by atoms with Crippen molar-refractivity contribution in [3.63, 3.8) is 0 Å². The molecule has 0 N–H and O–H groups in total. The Morgan fingerprint density at radius 1 is 0.828 bits per heavy atom. The molecule has 0 bridgehead atoms. The first-order valence-electron chi connectivity index (χ1n) is 10.5. The molecule has 2 aliphatic rings. The lowest BCUT2D eigenvalue weighted by atomic mass is 9.99. The van der Waals surface area contributed by atoms with E-state index in [1.807, 2.05) is 35.4 Å². The van der Waals surface area contributed by atoms with Crippen molar-refractivity contribution >= 4 is 22.5 Å². The monoisotopic (exact) mass is 386 g/mol. The molecule has 1 aromatic heterocycles. The minimum Gasteiger partial charge on any atom is -0.367 e. The zero-order valence-corrected chi connectivity index (χ0v) is 16.6. The van der Waals surface area contributed by atoms with Gasteiger partial charge in [-0.3, -0.25) is 14.7 Å². The van der Waals surface area contributed by atoms with E-state index in [1.54, 1.807) is 0 Å². The van der Waals surface area contributed by atoms with Crippen molar-refractivity contribution < 1.29 is 4.79 Å². The Balaban J connectivity index is 1.18. The molecule has 0 atom stereocenters. The fraction of sp³-hybridized carbons (Fsp3) is 0.333. The number of anilines is 1. The lowest BCUT2D eigenvalue weighted by Crippen LogP contribution is -2.49. The van der Waals surface area contributed by atoms with Gasteiger partial charge >= 0.3 is 0 Å². The summed E-state index contributed by atoms with van der Waals surface area (Å²) < 4.78 is 0. The van der Waals surface area contributed by atoms with Crippen LogP contribution < -0.4 is 4.90 Å². The molecule has 29 heavy (non-hydrogen) atoms. The van der Waals surface area contributed by atoms with Gasteiger partial charge in [0, 0.05) is 63.0 Å². The van der Waals surface area contributed by atoms with Crippen LogP contribution >= 0.6 is 0 Å². The number of carbonyl (C=O) groups is 1. The average molecular weight is 386 g/mol. The minimum absolute atomic E-state index is 0.187. The van der Waals surface area contributed by atoms with Gasteiger partial charge in [0.2, 0.25) is 0 Å². The molecule has 2 aliphatic heterocycles. The summed E-state index contributed by atoms with van der Waals surface area (Å²) in [7, 11) is 0. The molecule has 0 radical (unpaired) electrons. The predicted octanol–water partition coefficient (Wildman–Crippen LogP) is 3.06. The number of aromatic nitrogens is 1. The second-order valence-electron chi connectivity index (χ2n) is 7.88. The van der Waals surface area contributed by atoms with E-state index in [0.29, 0.717) is 0 Å². The van der Waals surface area contributed by atoms with Crippen LogP contribution in [0.1, 0.15) is 15.9 Å². The van der Waals surface area contributed by atoms with Crippen molar-refractivity contribution in [2.24, 2.45) is 0 Å². The van der Waals surface area contributed by atoms with Gasteiger partial charge in [-0.25, -0.2) is 0 Å². The summed E-state index contributed by atoms with van der Waals surface area (Å²) >= 11 is 0. The zero-order chi connectivity index (χ0) is 19.6. The lowest BCUT2D eigenvalue weighted by Gasteiger charge is -2.37. The van der Waals surface area contributed by atoms with Crippen molar-refractivity contribution in [2.75, 3.05) is 50.7 Å². The number of pyridine rings is 1. The number of nitrogens with zero attached hydrogens (tertiary/aromatic N) is 4. The first-order chi connectivity index (χ1) is 14.3. The van der Waals surface area contributed by atoms with E-state index in [2.05, 4.69) is 45.1 Å². The van der Waals surface area contributed by atoms with Crippen LogP contribution in [0.4, 0.5) is 5.69 Å². The van der Waals surface area contributed by atoms with E-state index in [0.717, 1.165) is 63.3 Å². The maximum absolute atomic E-state index is 12.7. The Morgan fingerprint density at radius 2 is 1.66 bits per heavy atom. The van der Waals surface area contributed by atoms with Crippen LogP contribution in [-0.2, 0) is 6.42 Å². The Kier molecular flexibility index (Phi) is 4.90. The minimum atomic E-state index is 0.187. The third kappa shape index (κ3) is 3.58. The highest BCUT2D eigenvalue weighted by atomic mass is 16.2. The van der Waals surface area contributed by atoms with Crippen LogP contribution in [0, 0.1) is 0 Å². The number of piperazine rings is 1. The highest BCUT2D eigenvalue weighted by Gasteiger charge is 2.25. The predicted molar refractivity (Wildman–Crippen MR) is 116 cm³/mol. The number of amides is 1. The zero-order valence-electron chi connectivity index (χ0n) is 16.6. The molecule has 5 heteroatoms. The molecule has 0 aliphatic carbocycles. The summed E-state index contributed by atoms with van der Waals surface area (Å²) in [5.41, 5.74) is 4.38. The fourth-order valence-electron chi connectivity index (χ4n) is 4.51. The average Bonchev–Trinajstić information content (AvgIpc) is 2.79.